The van der Waals surface area contributed by atoms with E-state index in [-0.39, 0.29) is 61.6 Å². The molecule has 1 aliphatic carbocycles. The Morgan fingerprint density at radius 2 is 1.84 bits per heavy atom. The monoisotopic (exact) mass is 622 g/mol. The van der Waals surface area contributed by atoms with Crippen LogP contribution in [0.3, 0.4) is 0 Å². The van der Waals surface area contributed by atoms with Gasteiger partial charge in [0.2, 0.25) is 5.91 Å². The number of aliphatic hydroxyl groups excluding tert-OH is 3. The maximum atomic E-state index is 13.9. The van der Waals surface area contributed by atoms with E-state index in [0.717, 1.165) is 24.3 Å². The minimum atomic E-state index is -4.59. The van der Waals surface area contributed by atoms with Gasteiger partial charge in [0.25, 0.3) is 5.91 Å². The van der Waals surface area contributed by atoms with Crippen molar-refractivity contribution in [3.63, 3.8) is 0 Å². The minimum absolute atomic E-state index is 0.0401. The third kappa shape index (κ3) is 7.01. The summed E-state index contributed by atoms with van der Waals surface area (Å²) in [5.41, 5.74) is 0.176. The van der Waals surface area contributed by atoms with E-state index in [0.29, 0.717) is 17.5 Å². The van der Waals surface area contributed by atoms with Gasteiger partial charge in [-0.15, -0.1) is 0 Å². The van der Waals surface area contributed by atoms with Crippen LogP contribution >= 0.6 is 0 Å². The van der Waals surface area contributed by atoms with Gasteiger partial charge in [0, 0.05) is 36.4 Å². The molecule has 2 aliphatic rings. The van der Waals surface area contributed by atoms with Crippen LogP contribution in [-0.2, 0) is 22.3 Å². The first-order valence-corrected chi connectivity index (χ1v) is 14.3. The fraction of sp³-hybridized carbons (Fsp3) is 0.484. The number of ether oxygens (including phenoxy) is 3. The molecule has 4 atom stereocenters. The number of methoxy groups -OCH3 is 1. The molecule has 0 radical (unpaired) electrons. The molecule has 0 spiro atoms. The molecule has 0 unspecified atom stereocenters. The summed E-state index contributed by atoms with van der Waals surface area (Å²) in [6, 6.07) is 5.86. The summed E-state index contributed by atoms with van der Waals surface area (Å²) in [5, 5.41) is 33.5. The van der Waals surface area contributed by atoms with Gasteiger partial charge in [-0.25, -0.2) is 0 Å². The number of benzene rings is 2. The average molecular weight is 623 g/mol. The number of rotatable bonds is 12. The highest BCUT2D eigenvalue weighted by atomic mass is 19.4. The van der Waals surface area contributed by atoms with Crippen LogP contribution in [0.2, 0.25) is 0 Å². The summed E-state index contributed by atoms with van der Waals surface area (Å²) in [6.45, 7) is 3.29. The lowest BCUT2D eigenvalue weighted by Crippen LogP contribution is -2.56. The largest absolute Gasteiger partial charge is 0.493 e. The average Bonchev–Trinajstić information content (AvgIpc) is 3.39. The Kier molecular flexibility index (Phi) is 10.6. The second-order valence-electron chi connectivity index (χ2n) is 10.9. The topological polar surface area (TPSA) is 138 Å². The number of halogens is 3. The molecule has 0 saturated heterocycles. The van der Waals surface area contributed by atoms with E-state index < -0.39 is 47.7 Å². The number of hydrogen-bond acceptors (Lipinski definition) is 8. The Morgan fingerprint density at radius 3 is 2.43 bits per heavy atom. The summed E-state index contributed by atoms with van der Waals surface area (Å²) in [7, 11) is 1.41. The maximum absolute atomic E-state index is 13.9. The number of carbonyl (C=O) groups excluding carboxylic acids is 2. The maximum Gasteiger partial charge on any atom is 0.416 e. The Bertz CT molecular complexity index is 1360. The fourth-order valence-corrected chi connectivity index (χ4v) is 5.53. The summed E-state index contributed by atoms with van der Waals surface area (Å²) in [6.07, 6.45) is -5.33. The number of fused-ring (bicyclic) bond motifs is 3. The van der Waals surface area contributed by atoms with Crippen molar-refractivity contribution in [3.8, 4) is 11.5 Å². The Balaban J connectivity index is 1.78. The van der Waals surface area contributed by atoms with E-state index in [1.807, 2.05) is 13.8 Å². The highest BCUT2D eigenvalue weighted by Crippen LogP contribution is 2.51. The predicted molar refractivity (Wildman–Crippen MR) is 152 cm³/mol. The SMILES string of the molecule is COc1cc(CO)cc2c1O[C@@H]1[C@@H](O)[C@H](N(CCCOC(C)C)C(=O)c3ccc(C(F)(F)F)cc3)C=C(C(=O)NCCO)[C@H]21. The molecular formula is C31H37F3N2O8. The zero-order chi connectivity index (χ0) is 32.2. The summed E-state index contributed by atoms with van der Waals surface area (Å²) < 4.78 is 56.9. The van der Waals surface area contributed by atoms with E-state index in [2.05, 4.69) is 5.32 Å². The van der Waals surface area contributed by atoms with E-state index in [1.54, 1.807) is 12.1 Å². The standard InChI is InChI=1S/C31H37F3N2O8/c1-17(2)43-12-4-10-36(30(41)19-5-7-20(8-6-19)31(32,33)34)23-15-22(29(40)35-9-11-37)25-21-13-18(16-38)14-24(42-3)27(21)44-28(25)26(23)39/h5-8,13-15,17,23,25-26,28,37-39H,4,9-12,16H2,1-3H3,(H,35,40)/t23-,25+,26+,28+/m1/s1. The lowest BCUT2D eigenvalue weighted by Gasteiger charge is -2.40. The van der Waals surface area contributed by atoms with Gasteiger partial charge in [-0.1, -0.05) is 0 Å². The first-order chi connectivity index (χ1) is 20.9. The van der Waals surface area contributed by atoms with E-state index in [1.165, 1.54) is 18.1 Å². The molecule has 10 nitrogen and oxygen atoms in total. The molecule has 0 fully saturated rings. The molecule has 4 N–H and O–H groups in total. The van der Waals surface area contributed by atoms with Crippen LogP contribution in [0.15, 0.2) is 48.0 Å². The van der Waals surface area contributed by atoms with Crippen LogP contribution in [0.1, 0.15) is 53.2 Å². The highest BCUT2D eigenvalue weighted by Gasteiger charge is 2.51. The molecule has 2 aromatic rings. The van der Waals surface area contributed by atoms with Crippen molar-refractivity contribution in [2.45, 2.75) is 63.3 Å². The number of nitrogens with one attached hydrogen (secondary N) is 1. The molecule has 1 aliphatic heterocycles. The van der Waals surface area contributed by atoms with Crippen molar-refractivity contribution < 1.29 is 52.3 Å². The number of carbonyl (C=O) groups is 2. The molecule has 1 heterocycles. The van der Waals surface area contributed by atoms with Gasteiger partial charge < -0.3 is 39.7 Å². The van der Waals surface area contributed by atoms with Crippen molar-refractivity contribution in [1.29, 1.82) is 0 Å². The Hall–Kier alpha value is -3.65. The Morgan fingerprint density at radius 1 is 1.14 bits per heavy atom. The van der Waals surface area contributed by atoms with E-state index in [4.69, 9.17) is 14.2 Å². The fourth-order valence-electron chi connectivity index (χ4n) is 5.53. The van der Waals surface area contributed by atoms with Crippen LogP contribution in [0.5, 0.6) is 11.5 Å². The number of amides is 2. The van der Waals surface area contributed by atoms with Gasteiger partial charge in [-0.05, 0) is 68.3 Å². The highest BCUT2D eigenvalue weighted by molar-refractivity contribution is 5.97. The molecule has 2 amide bonds. The first-order valence-electron chi connectivity index (χ1n) is 14.3. The van der Waals surface area contributed by atoms with Crippen molar-refractivity contribution in [3.05, 3.63) is 70.3 Å². The molecule has 240 valence electrons. The van der Waals surface area contributed by atoms with Gasteiger partial charge in [0.1, 0.15) is 12.2 Å². The van der Waals surface area contributed by atoms with Gasteiger partial charge in [-0.2, -0.15) is 13.2 Å². The number of nitrogens with zero attached hydrogens (tertiary/aromatic N) is 1. The molecule has 0 saturated carbocycles. The lowest BCUT2D eigenvalue weighted by atomic mass is 9.77. The van der Waals surface area contributed by atoms with Crippen molar-refractivity contribution in [2.75, 3.05) is 33.4 Å². The first kappa shape index (κ1) is 33.2. The number of alkyl halides is 3. The summed E-state index contributed by atoms with van der Waals surface area (Å²) in [4.78, 5) is 28.6. The normalized spacial score (nSPS) is 20.8. The van der Waals surface area contributed by atoms with Gasteiger partial charge in [-0.3, -0.25) is 9.59 Å². The van der Waals surface area contributed by atoms with Crippen LogP contribution in [0.4, 0.5) is 13.2 Å². The zero-order valence-corrected chi connectivity index (χ0v) is 24.6. The van der Waals surface area contributed by atoms with Crippen molar-refractivity contribution >= 4 is 11.8 Å². The second-order valence-corrected chi connectivity index (χ2v) is 10.9. The van der Waals surface area contributed by atoms with Gasteiger partial charge in [0.15, 0.2) is 11.5 Å². The molecule has 13 heteroatoms. The van der Waals surface area contributed by atoms with Crippen molar-refractivity contribution in [1.82, 2.24) is 10.2 Å². The third-order valence-electron chi connectivity index (χ3n) is 7.57. The molecule has 2 aromatic carbocycles. The molecule has 4 rings (SSSR count). The summed E-state index contributed by atoms with van der Waals surface area (Å²) in [5.74, 6) is -1.49. The lowest BCUT2D eigenvalue weighted by molar-refractivity contribution is -0.137. The van der Waals surface area contributed by atoms with Crippen molar-refractivity contribution in [2.24, 2.45) is 0 Å². The van der Waals surface area contributed by atoms with E-state index >= 15 is 0 Å². The van der Waals surface area contributed by atoms with Crippen LogP contribution in [-0.4, -0.2) is 89.8 Å². The van der Waals surface area contributed by atoms with Gasteiger partial charge in [0.05, 0.1) is 44.0 Å². The third-order valence-corrected chi connectivity index (χ3v) is 7.57. The number of aliphatic hydroxyl groups is 3. The smallest absolute Gasteiger partial charge is 0.416 e. The van der Waals surface area contributed by atoms with E-state index in [9.17, 15) is 38.1 Å². The van der Waals surface area contributed by atoms with Crippen LogP contribution < -0.4 is 14.8 Å². The van der Waals surface area contributed by atoms with Gasteiger partial charge >= 0.3 is 6.18 Å². The number of hydrogen-bond donors (Lipinski definition) is 4. The molecule has 44 heavy (non-hydrogen) atoms. The zero-order valence-electron chi connectivity index (χ0n) is 24.6. The molecule has 0 bridgehead atoms. The second kappa shape index (κ2) is 14.0. The minimum Gasteiger partial charge on any atom is -0.493 e. The molecule has 0 aromatic heterocycles. The van der Waals surface area contributed by atoms with Crippen LogP contribution in [0.25, 0.3) is 0 Å². The summed E-state index contributed by atoms with van der Waals surface area (Å²) >= 11 is 0. The van der Waals surface area contributed by atoms with Crippen LogP contribution in [0, 0.1) is 0 Å². The Labute approximate surface area is 253 Å². The predicted octanol–water partition coefficient (Wildman–Crippen LogP) is 2.79. The quantitative estimate of drug-likeness (QED) is 0.265. The molecular weight excluding hydrogens is 585 g/mol.